The second-order valence-corrected chi connectivity index (χ2v) is 8.16. The van der Waals surface area contributed by atoms with Gasteiger partial charge in [0.15, 0.2) is 0 Å². The molecule has 3 aromatic rings. The Morgan fingerprint density at radius 2 is 1.76 bits per heavy atom. The van der Waals surface area contributed by atoms with Gasteiger partial charge in [-0.05, 0) is 37.6 Å². The van der Waals surface area contributed by atoms with Crippen molar-refractivity contribution in [3.05, 3.63) is 47.5 Å². The molecule has 0 saturated carbocycles. The highest BCUT2D eigenvalue weighted by Gasteiger charge is 2.42. The number of hydrogen-bond donors (Lipinski definition) is 4. The second-order valence-electron chi connectivity index (χ2n) is 8.16. The number of aliphatic hydroxyl groups is 4. The van der Waals surface area contributed by atoms with Crippen molar-refractivity contribution in [1.29, 1.82) is 0 Å². The van der Waals surface area contributed by atoms with E-state index < -0.39 is 37.1 Å². The van der Waals surface area contributed by atoms with Crippen LogP contribution in [0.15, 0.2) is 36.4 Å². The maximum atomic E-state index is 12.3. The predicted octanol–water partition coefficient (Wildman–Crippen LogP) is 0.860. The number of nitrogens with zero attached hydrogens (tertiary/aromatic N) is 1. The molecule has 4 N–H and O–H groups in total. The highest BCUT2D eigenvalue weighted by Crippen LogP contribution is 2.30. The van der Waals surface area contributed by atoms with E-state index in [9.17, 15) is 25.2 Å². The highest BCUT2D eigenvalue weighted by molar-refractivity contribution is 6.09. The minimum absolute atomic E-state index is 0.0564. The molecule has 0 spiro atoms. The summed E-state index contributed by atoms with van der Waals surface area (Å²) in [6, 6.07) is 11.7. The van der Waals surface area contributed by atoms with Crippen molar-refractivity contribution in [3.63, 3.8) is 0 Å². The lowest BCUT2D eigenvalue weighted by molar-refractivity contribution is -0.214. The van der Waals surface area contributed by atoms with Crippen molar-refractivity contribution in [3.8, 4) is 11.8 Å². The molecule has 0 bridgehead atoms. The van der Waals surface area contributed by atoms with Gasteiger partial charge >= 0.3 is 5.97 Å². The number of aryl methyl sites for hydroxylation is 1. The molecule has 1 saturated heterocycles. The lowest BCUT2D eigenvalue weighted by Gasteiger charge is -2.37. The molecule has 1 aromatic heterocycles. The summed E-state index contributed by atoms with van der Waals surface area (Å²) >= 11 is 0. The molecule has 174 valence electrons. The Bertz CT molecular complexity index is 1240. The Morgan fingerprint density at radius 3 is 2.45 bits per heavy atom. The molecule has 2 aromatic carbocycles. The lowest BCUT2D eigenvalue weighted by Crippen LogP contribution is -2.58. The van der Waals surface area contributed by atoms with Gasteiger partial charge in [-0.25, -0.2) is 0 Å². The van der Waals surface area contributed by atoms with Crippen LogP contribution in [0, 0.1) is 18.8 Å². The molecule has 1 aliphatic rings. The van der Waals surface area contributed by atoms with Gasteiger partial charge in [-0.3, -0.25) is 4.79 Å². The minimum atomic E-state index is -1.48. The van der Waals surface area contributed by atoms with Crippen LogP contribution < -0.4 is 0 Å². The fourth-order valence-electron chi connectivity index (χ4n) is 4.16. The number of ether oxygens (including phenoxy) is 2. The van der Waals surface area contributed by atoms with Gasteiger partial charge in [0.25, 0.3) is 0 Å². The van der Waals surface area contributed by atoms with E-state index in [0.29, 0.717) is 12.2 Å². The quantitative estimate of drug-likeness (QED) is 0.342. The second kappa shape index (κ2) is 9.51. The van der Waals surface area contributed by atoms with E-state index in [1.54, 1.807) is 6.92 Å². The van der Waals surface area contributed by atoms with E-state index in [0.717, 1.165) is 27.4 Å². The van der Waals surface area contributed by atoms with Crippen molar-refractivity contribution in [1.82, 2.24) is 4.57 Å². The summed E-state index contributed by atoms with van der Waals surface area (Å²) in [6.07, 6.45) is -6.42. The van der Waals surface area contributed by atoms with Gasteiger partial charge in [0.1, 0.15) is 37.1 Å². The lowest BCUT2D eigenvalue weighted by atomic mass is 9.95. The van der Waals surface area contributed by atoms with Crippen molar-refractivity contribution in [2.45, 2.75) is 50.9 Å². The van der Waals surface area contributed by atoms with Crippen molar-refractivity contribution < 1.29 is 34.7 Å². The molecule has 0 aliphatic carbocycles. The van der Waals surface area contributed by atoms with Crippen LogP contribution in [-0.2, 0) is 20.8 Å². The zero-order valence-corrected chi connectivity index (χ0v) is 18.4. The highest BCUT2D eigenvalue weighted by atomic mass is 16.5. The summed E-state index contributed by atoms with van der Waals surface area (Å²) in [7, 11) is 0. The van der Waals surface area contributed by atoms with Crippen molar-refractivity contribution >= 4 is 27.8 Å². The molecule has 1 aliphatic heterocycles. The van der Waals surface area contributed by atoms with E-state index in [4.69, 9.17) is 9.47 Å². The van der Waals surface area contributed by atoms with Crippen molar-refractivity contribution in [2.75, 3.05) is 13.2 Å². The van der Waals surface area contributed by atoms with Gasteiger partial charge in [0.2, 0.25) is 0 Å². The number of benzene rings is 2. The Balaban J connectivity index is 1.74. The topological polar surface area (TPSA) is 121 Å². The Labute approximate surface area is 191 Å². The molecule has 4 rings (SSSR count). The number of hydrogen-bond acceptors (Lipinski definition) is 7. The van der Waals surface area contributed by atoms with Crippen molar-refractivity contribution in [2.24, 2.45) is 0 Å². The first-order valence-electron chi connectivity index (χ1n) is 10.8. The number of carbonyl (C=O) groups is 1. The van der Waals surface area contributed by atoms with Crippen LogP contribution in [0.4, 0.5) is 0 Å². The maximum absolute atomic E-state index is 12.3. The summed E-state index contributed by atoms with van der Waals surface area (Å²) < 4.78 is 12.5. The molecule has 0 unspecified atom stereocenters. The normalized spacial score (nSPS) is 25.1. The number of carbonyl (C=O) groups excluding carboxylic acids is 1. The number of esters is 1. The maximum Gasteiger partial charge on any atom is 0.325 e. The molecule has 1 fully saturated rings. The molecular weight excluding hydrogens is 426 g/mol. The summed E-state index contributed by atoms with van der Waals surface area (Å²) in [5.74, 6) is 5.39. The number of aliphatic hydroxyl groups excluding tert-OH is 4. The summed E-state index contributed by atoms with van der Waals surface area (Å²) in [4.78, 5) is 12.3. The number of fused-ring (bicyclic) bond motifs is 3. The third-order valence-corrected chi connectivity index (χ3v) is 5.87. The Morgan fingerprint density at radius 1 is 1.06 bits per heavy atom. The van der Waals surface area contributed by atoms with Gasteiger partial charge < -0.3 is 34.5 Å². The average Bonchev–Trinajstić information content (AvgIpc) is 3.09. The molecule has 0 radical (unpaired) electrons. The van der Waals surface area contributed by atoms with E-state index in [-0.39, 0.29) is 12.5 Å². The van der Waals surface area contributed by atoms with Crippen LogP contribution in [0.3, 0.4) is 0 Å². The molecule has 2 heterocycles. The molecule has 5 atom stereocenters. The number of aromatic nitrogens is 1. The van der Waals surface area contributed by atoms with E-state index >= 15 is 0 Å². The van der Waals surface area contributed by atoms with Crippen LogP contribution in [0.2, 0.25) is 0 Å². The molecule has 33 heavy (non-hydrogen) atoms. The molecule has 8 heteroatoms. The van der Waals surface area contributed by atoms with Crippen LogP contribution in [0.1, 0.15) is 18.1 Å². The predicted molar refractivity (Wildman–Crippen MR) is 121 cm³/mol. The molecule has 0 amide bonds. The standard InChI is InChI=1S/C25H27NO7/c1-3-32-22(28)12-26-18-10-14(2)4-7-16(18)17-8-5-15(11-19(17)26)6-9-20-23(29)25(31)24(30)21(13-27)33-20/h4-5,7-8,10-11,20-21,23-25,27,29-31H,3,12-13H2,1-2H3/t20-,21-,23-,24-,25-/m1/s1. The fourth-order valence-corrected chi connectivity index (χ4v) is 4.16. The zero-order chi connectivity index (χ0) is 23.7. The van der Waals surface area contributed by atoms with Crippen LogP contribution >= 0.6 is 0 Å². The van der Waals surface area contributed by atoms with Crippen LogP contribution in [0.5, 0.6) is 0 Å². The SMILES string of the molecule is CCOC(=O)Cn1c2cc(C)ccc2c2ccc(C#C[C@H]3O[C@H](CO)[C@@H](O)[C@H](O)[C@@H]3O)cc21. The van der Waals surface area contributed by atoms with E-state index in [1.165, 1.54) is 0 Å². The third-order valence-electron chi connectivity index (χ3n) is 5.87. The van der Waals surface area contributed by atoms with E-state index in [1.807, 2.05) is 47.9 Å². The van der Waals surface area contributed by atoms with Gasteiger partial charge in [-0.1, -0.05) is 30.0 Å². The summed E-state index contributed by atoms with van der Waals surface area (Å²) in [5, 5.41) is 41.4. The minimum Gasteiger partial charge on any atom is -0.465 e. The first-order chi connectivity index (χ1) is 15.8. The molecule has 8 nitrogen and oxygen atoms in total. The van der Waals surface area contributed by atoms with Crippen LogP contribution in [-0.4, -0.2) is 74.7 Å². The Hall–Kier alpha value is -2.93. The third kappa shape index (κ3) is 4.47. The van der Waals surface area contributed by atoms with E-state index in [2.05, 4.69) is 11.8 Å². The fraction of sp³-hybridized carbons (Fsp3) is 0.400. The largest absolute Gasteiger partial charge is 0.465 e. The van der Waals surface area contributed by atoms with Gasteiger partial charge in [0.05, 0.1) is 18.7 Å². The van der Waals surface area contributed by atoms with Gasteiger partial charge in [-0.15, -0.1) is 0 Å². The zero-order valence-electron chi connectivity index (χ0n) is 18.4. The summed E-state index contributed by atoms with van der Waals surface area (Å²) in [5.41, 5.74) is 3.41. The van der Waals surface area contributed by atoms with Crippen LogP contribution in [0.25, 0.3) is 21.8 Å². The number of rotatable bonds is 4. The Kier molecular flexibility index (Phi) is 6.70. The first-order valence-corrected chi connectivity index (χ1v) is 10.8. The van der Waals surface area contributed by atoms with Gasteiger partial charge in [-0.2, -0.15) is 0 Å². The molecular formula is C25H27NO7. The average molecular weight is 453 g/mol. The first kappa shape index (κ1) is 23.2. The smallest absolute Gasteiger partial charge is 0.325 e. The summed E-state index contributed by atoms with van der Waals surface area (Å²) in [6.45, 7) is 3.60. The van der Waals surface area contributed by atoms with Gasteiger partial charge in [0, 0.05) is 21.9 Å². The monoisotopic (exact) mass is 453 g/mol.